The van der Waals surface area contributed by atoms with Gasteiger partial charge in [0.1, 0.15) is 0 Å². The average molecular weight is 466 g/mol. The molecule has 0 aliphatic rings. The lowest BCUT2D eigenvalue weighted by Gasteiger charge is -2.15. The number of rotatable bonds is 6. The summed E-state index contributed by atoms with van der Waals surface area (Å²) in [5.41, 5.74) is 0.882. The Labute approximate surface area is 170 Å². The molecule has 0 saturated carbocycles. The number of nitrogens with zero attached hydrogens (tertiary/aromatic N) is 3. The minimum Gasteiger partial charge on any atom is -0.465 e. The first-order valence-electron chi connectivity index (χ1n) is 8.04. The Balaban J connectivity index is 1.81. The van der Waals surface area contributed by atoms with Crippen LogP contribution in [-0.4, -0.2) is 43.0 Å². The van der Waals surface area contributed by atoms with E-state index in [4.69, 9.17) is 4.52 Å². The molecule has 0 atom stereocenters. The van der Waals surface area contributed by atoms with E-state index in [9.17, 15) is 13.2 Å². The fourth-order valence-corrected chi connectivity index (χ4v) is 3.99. The average Bonchev–Trinajstić information content (AvgIpc) is 3.16. The van der Waals surface area contributed by atoms with Crippen molar-refractivity contribution in [1.29, 1.82) is 0 Å². The number of benzene rings is 2. The third-order valence-corrected chi connectivity index (χ3v) is 6.16. The molecule has 0 saturated heterocycles. The molecule has 10 heteroatoms. The van der Waals surface area contributed by atoms with Crippen LogP contribution in [0.1, 0.15) is 16.2 Å². The first kappa shape index (κ1) is 20.2. The zero-order valence-corrected chi connectivity index (χ0v) is 17.4. The Kier molecular flexibility index (Phi) is 5.92. The van der Waals surface area contributed by atoms with Gasteiger partial charge in [0.05, 0.1) is 24.1 Å². The molecule has 28 heavy (non-hydrogen) atoms. The van der Waals surface area contributed by atoms with Crippen molar-refractivity contribution in [3.05, 3.63) is 64.5 Å². The highest BCUT2D eigenvalue weighted by molar-refractivity contribution is 9.10. The molecule has 0 radical (unpaired) electrons. The van der Waals surface area contributed by atoms with Crippen LogP contribution in [0.25, 0.3) is 11.4 Å². The maximum absolute atomic E-state index is 12.8. The van der Waals surface area contributed by atoms with Gasteiger partial charge in [0.2, 0.25) is 21.7 Å². The van der Waals surface area contributed by atoms with Crippen molar-refractivity contribution >= 4 is 31.9 Å². The molecule has 0 N–H and O–H groups in total. The maximum Gasteiger partial charge on any atom is 0.337 e. The highest BCUT2D eigenvalue weighted by Gasteiger charge is 2.24. The second kappa shape index (κ2) is 8.21. The fourth-order valence-electron chi connectivity index (χ4n) is 2.42. The number of hydrogen-bond donors (Lipinski definition) is 0. The zero-order chi connectivity index (χ0) is 20.3. The number of hydrogen-bond acceptors (Lipinski definition) is 7. The minimum atomic E-state index is -3.87. The Morgan fingerprint density at radius 2 is 1.96 bits per heavy atom. The first-order valence-corrected chi connectivity index (χ1v) is 10.3. The lowest BCUT2D eigenvalue weighted by atomic mass is 10.2. The number of carbonyl (C=O) groups excluding carboxylic acids is 1. The molecule has 146 valence electrons. The number of carbonyl (C=O) groups is 1. The monoisotopic (exact) mass is 465 g/mol. The second-order valence-electron chi connectivity index (χ2n) is 5.80. The Morgan fingerprint density at radius 1 is 1.21 bits per heavy atom. The SMILES string of the molecule is COC(=O)c1cccc(S(=O)(=O)N(C)Cc2nc(-c3cccc(Br)c3)no2)c1. The molecular formula is C18H16BrN3O5S. The van der Waals surface area contributed by atoms with Crippen molar-refractivity contribution in [2.24, 2.45) is 0 Å². The lowest BCUT2D eigenvalue weighted by Crippen LogP contribution is -2.26. The van der Waals surface area contributed by atoms with Crippen LogP contribution in [0.3, 0.4) is 0 Å². The van der Waals surface area contributed by atoms with Gasteiger partial charge in [-0.1, -0.05) is 39.3 Å². The Hall–Kier alpha value is -2.56. The molecule has 0 spiro atoms. The molecule has 0 amide bonds. The summed E-state index contributed by atoms with van der Waals surface area (Å²) in [5.74, 6) is -0.116. The highest BCUT2D eigenvalue weighted by Crippen LogP contribution is 2.22. The molecule has 0 aliphatic carbocycles. The van der Waals surface area contributed by atoms with Crippen molar-refractivity contribution in [2.45, 2.75) is 11.4 Å². The summed E-state index contributed by atoms with van der Waals surface area (Å²) < 4.78 is 37.3. The van der Waals surface area contributed by atoms with E-state index < -0.39 is 16.0 Å². The molecule has 0 aliphatic heterocycles. The van der Waals surface area contributed by atoms with Gasteiger partial charge in [-0.2, -0.15) is 9.29 Å². The molecule has 2 aromatic carbocycles. The molecule has 3 rings (SSSR count). The predicted octanol–water partition coefficient (Wildman–Crippen LogP) is 3.11. The number of aromatic nitrogens is 2. The van der Waals surface area contributed by atoms with E-state index in [-0.39, 0.29) is 22.9 Å². The summed E-state index contributed by atoms with van der Waals surface area (Å²) in [6.45, 7) is -0.119. The van der Waals surface area contributed by atoms with E-state index in [2.05, 4.69) is 30.8 Å². The number of esters is 1. The van der Waals surface area contributed by atoms with Gasteiger partial charge in [-0.25, -0.2) is 13.2 Å². The number of sulfonamides is 1. The third kappa shape index (κ3) is 4.29. The molecule has 0 fully saturated rings. The number of halogens is 1. The second-order valence-corrected chi connectivity index (χ2v) is 8.76. The van der Waals surface area contributed by atoms with Crippen LogP contribution < -0.4 is 0 Å². The molecule has 0 unspecified atom stereocenters. The van der Waals surface area contributed by atoms with Gasteiger partial charge in [-0.3, -0.25) is 0 Å². The van der Waals surface area contributed by atoms with E-state index in [0.717, 1.165) is 14.3 Å². The van der Waals surface area contributed by atoms with Crippen LogP contribution in [0.15, 0.2) is 62.4 Å². The van der Waals surface area contributed by atoms with Crippen molar-refractivity contribution in [3.63, 3.8) is 0 Å². The van der Waals surface area contributed by atoms with Gasteiger partial charge < -0.3 is 9.26 Å². The Bertz CT molecular complexity index is 1110. The van der Waals surface area contributed by atoms with Gasteiger partial charge in [-0.15, -0.1) is 0 Å². The molecular weight excluding hydrogens is 450 g/mol. The van der Waals surface area contributed by atoms with Crippen molar-refractivity contribution in [3.8, 4) is 11.4 Å². The van der Waals surface area contributed by atoms with Crippen LogP contribution >= 0.6 is 15.9 Å². The van der Waals surface area contributed by atoms with Crippen LogP contribution in [0.2, 0.25) is 0 Å². The minimum absolute atomic E-state index is 0.0374. The first-order chi connectivity index (χ1) is 13.3. The van der Waals surface area contributed by atoms with Crippen molar-refractivity contribution in [2.75, 3.05) is 14.2 Å². The smallest absolute Gasteiger partial charge is 0.337 e. The van der Waals surface area contributed by atoms with Crippen LogP contribution in [-0.2, 0) is 21.3 Å². The van der Waals surface area contributed by atoms with Crippen molar-refractivity contribution < 1.29 is 22.5 Å². The quantitative estimate of drug-likeness (QED) is 0.515. The van der Waals surface area contributed by atoms with Gasteiger partial charge in [0.15, 0.2) is 0 Å². The predicted molar refractivity (Wildman–Crippen MR) is 104 cm³/mol. The normalized spacial score (nSPS) is 11.6. The molecule has 8 nitrogen and oxygen atoms in total. The summed E-state index contributed by atoms with van der Waals surface area (Å²) >= 11 is 3.37. The van der Waals surface area contributed by atoms with Gasteiger partial charge in [0.25, 0.3) is 0 Å². The highest BCUT2D eigenvalue weighted by atomic mass is 79.9. The van der Waals surface area contributed by atoms with E-state index in [1.165, 1.54) is 38.4 Å². The summed E-state index contributed by atoms with van der Waals surface area (Å²) in [5, 5.41) is 3.89. The van der Waals surface area contributed by atoms with Gasteiger partial charge >= 0.3 is 5.97 Å². The maximum atomic E-state index is 12.8. The third-order valence-electron chi connectivity index (χ3n) is 3.87. The number of ether oxygens (including phenoxy) is 1. The van der Waals surface area contributed by atoms with Gasteiger partial charge in [-0.05, 0) is 30.3 Å². The summed E-state index contributed by atoms with van der Waals surface area (Å²) in [4.78, 5) is 15.9. The molecule has 0 bridgehead atoms. The summed E-state index contributed by atoms with van der Waals surface area (Å²) in [6, 6.07) is 13.0. The van der Waals surface area contributed by atoms with E-state index in [1.54, 1.807) is 0 Å². The Morgan fingerprint density at radius 3 is 2.68 bits per heavy atom. The summed E-state index contributed by atoms with van der Waals surface area (Å²) in [7, 11) is -1.25. The fraction of sp³-hybridized carbons (Fsp3) is 0.167. The molecule has 1 aromatic heterocycles. The van der Waals surface area contributed by atoms with Gasteiger partial charge in [0, 0.05) is 17.1 Å². The van der Waals surface area contributed by atoms with Crippen LogP contribution in [0, 0.1) is 0 Å². The van der Waals surface area contributed by atoms with Crippen molar-refractivity contribution in [1.82, 2.24) is 14.4 Å². The van der Waals surface area contributed by atoms with E-state index in [0.29, 0.717) is 5.82 Å². The van der Waals surface area contributed by atoms with E-state index >= 15 is 0 Å². The largest absolute Gasteiger partial charge is 0.465 e. The van der Waals surface area contributed by atoms with E-state index in [1.807, 2.05) is 24.3 Å². The standard InChI is InChI=1S/C18H16BrN3O5S/c1-22(28(24,25)15-8-4-6-13(10-15)18(23)26-2)11-16-20-17(21-27-16)12-5-3-7-14(19)9-12/h3-10H,11H2,1-2H3. The molecule has 1 heterocycles. The molecule has 3 aromatic rings. The topological polar surface area (TPSA) is 103 Å². The van der Waals surface area contributed by atoms with Crippen LogP contribution in [0.5, 0.6) is 0 Å². The number of methoxy groups -OCH3 is 1. The lowest BCUT2D eigenvalue weighted by molar-refractivity contribution is 0.0600. The van der Waals surface area contributed by atoms with Crippen LogP contribution in [0.4, 0.5) is 0 Å². The summed E-state index contributed by atoms with van der Waals surface area (Å²) in [6.07, 6.45) is 0. The zero-order valence-electron chi connectivity index (χ0n) is 15.0.